The third-order valence-corrected chi connectivity index (χ3v) is 4.99. The van der Waals surface area contributed by atoms with Crippen molar-refractivity contribution < 1.29 is 19.4 Å². The molecular formula is C22H28N2O4. The number of carbonyl (C=O) groups excluding carboxylic acids is 1. The lowest BCUT2D eigenvalue weighted by Gasteiger charge is -2.29. The Morgan fingerprint density at radius 2 is 1.86 bits per heavy atom. The molecule has 2 aromatic rings. The van der Waals surface area contributed by atoms with Crippen LogP contribution in [0.15, 0.2) is 42.5 Å². The standard InChI is InChI=1S/C22H28N2O4/c1-16-3-8-20(13-17(16)2)28-15-22(26)23-14-21(25)18-4-6-19(7-5-18)24-9-11-27-12-10-24/h3-8,13,21,25H,9-12,14-15H2,1-2H3,(H,23,26). The topological polar surface area (TPSA) is 71.0 Å². The highest BCUT2D eigenvalue weighted by atomic mass is 16.5. The second-order valence-corrected chi connectivity index (χ2v) is 7.05. The summed E-state index contributed by atoms with van der Waals surface area (Å²) in [5.74, 6) is 0.403. The van der Waals surface area contributed by atoms with E-state index in [0.29, 0.717) is 5.75 Å². The van der Waals surface area contributed by atoms with Gasteiger partial charge in [-0.2, -0.15) is 0 Å². The van der Waals surface area contributed by atoms with Crippen LogP contribution in [-0.4, -0.2) is 50.5 Å². The molecule has 0 radical (unpaired) electrons. The summed E-state index contributed by atoms with van der Waals surface area (Å²) in [5.41, 5.74) is 4.19. The fraction of sp³-hybridized carbons (Fsp3) is 0.409. The van der Waals surface area contributed by atoms with E-state index in [1.807, 2.05) is 56.3 Å². The van der Waals surface area contributed by atoms with E-state index in [1.165, 1.54) is 5.56 Å². The lowest BCUT2D eigenvalue weighted by atomic mass is 10.1. The predicted octanol–water partition coefficient (Wildman–Crippen LogP) is 2.37. The van der Waals surface area contributed by atoms with Crippen molar-refractivity contribution >= 4 is 11.6 Å². The van der Waals surface area contributed by atoms with Crippen LogP contribution in [-0.2, 0) is 9.53 Å². The third kappa shape index (κ3) is 5.47. The Labute approximate surface area is 166 Å². The fourth-order valence-corrected chi connectivity index (χ4v) is 3.06. The number of hydrogen-bond acceptors (Lipinski definition) is 5. The zero-order chi connectivity index (χ0) is 19.9. The molecule has 1 heterocycles. The Bertz CT molecular complexity index is 786. The van der Waals surface area contributed by atoms with E-state index in [2.05, 4.69) is 10.2 Å². The van der Waals surface area contributed by atoms with Gasteiger partial charge in [-0.15, -0.1) is 0 Å². The number of benzene rings is 2. The molecule has 6 heteroatoms. The van der Waals surface area contributed by atoms with Gasteiger partial charge in [0.2, 0.25) is 0 Å². The number of aryl methyl sites for hydroxylation is 2. The summed E-state index contributed by atoms with van der Waals surface area (Å²) in [6.07, 6.45) is -0.760. The Hall–Kier alpha value is -2.57. The molecule has 0 spiro atoms. The predicted molar refractivity (Wildman–Crippen MR) is 109 cm³/mol. The molecule has 1 unspecified atom stereocenters. The van der Waals surface area contributed by atoms with E-state index < -0.39 is 6.10 Å². The van der Waals surface area contributed by atoms with Gasteiger partial charge in [0.25, 0.3) is 5.91 Å². The summed E-state index contributed by atoms with van der Waals surface area (Å²) in [7, 11) is 0. The first-order valence-corrected chi connectivity index (χ1v) is 9.60. The summed E-state index contributed by atoms with van der Waals surface area (Å²) in [6, 6.07) is 13.5. The van der Waals surface area contributed by atoms with Gasteiger partial charge in [0.05, 0.1) is 19.3 Å². The van der Waals surface area contributed by atoms with Gasteiger partial charge >= 0.3 is 0 Å². The second-order valence-electron chi connectivity index (χ2n) is 7.05. The van der Waals surface area contributed by atoms with Crippen LogP contribution in [0.4, 0.5) is 5.69 Å². The number of ether oxygens (including phenoxy) is 2. The van der Waals surface area contributed by atoms with Crippen LogP contribution >= 0.6 is 0 Å². The van der Waals surface area contributed by atoms with Crippen LogP contribution in [0.2, 0.25) is 0 Å². The van der Waals surface area contributed by atoms with E-state index in [0.717, 1.165) is 43.1 Å². The summed E-state index contributed by atoms with van der Waals surface area (Å²) in [5, 5.41) is 13.0. The number of carbonyl (C=O) groups is 1. The number of hydrogen-bond donors (Lipinski definition) is 2. The highest BCUT2D eigenvalue weighted by Gasteiger charge is 2.13. The molecule has 0 saturated carbocycles. The Kier molecular flexibility index (Phi) is 6.90. The fourth-order valence-electron chi connectivity index (χ4n) is 3.06. The van der Waals surface area contributed by atoms with Gasteiger partial charge < -0.3 is 24.8 Å². The van der Waals surface area contributed by atoms with Gasteiger partial charge in [-0.3, -0.25) is 4.79 Å². The van der Waals surface area contributed by atoms with Crippen LogP contribution in [0.3, 0.4) is 0 Å². The summed E-state index contributed by atoms with van der Waals surface area (Å²) < 4.78 is 10.9. The first kappa shape index (κ1) is 20.2. The molecule has 6 nitrogen and oxygen atoms in total. The van der Waals surface area contributed by atoms with Gasteiger partial charge in [-0.05, 0) is 54.8 Å². The van der Waals surface area contributed by atoms with Crippen molar-refractivity contribution in [3.8, 4) is 5.75 Å². The Morgan fingerprint density at radius 3 is 2.54 bits per heavy atom. The highest BCUT2D eigenvalue weighted by Crippen LogP contribution is 2.20. The molecule has 28 heavy (non-hydrogen) atoms. The SMILES string of the molecule is Cc1ccc(OCC(=O)NCC(O)c2ccc(N3CCOCC3)cc2)cc1C. The maximum absolute atomic E-state index is 12.0. The zero-order valence-electron chi connectivity index (χ0n) is 16.5. The number of nitrogens with one attached hydrogen (secondary N) is 1. The molecule has 150 valence electrons. The van der Waals surface area contributed by atoms with Crippen molar-refractivity contribution in [2.24, 2.45) is 0 Å². The van der Waals surface area contributed by atoms with Gasteiger partial charge in [0.15, 0.2) is 6.61 Å². The van der Waals surface area contributed by atoms with Crippen molar-refractivity contribution in [2.45, 2.75) is 20.0 Å². The first-order chi connectivity index (χ1) is 13.5. The van der Waals surface area contributed by atoms with E-state index in [9.17, 15) is 9.90 Å². The average molecular weight is 384 g/mol. The summed E-state index contributed by atoms with van der Waals surface area (Å²) >= 11 is 0. The zero-order valence-corrected chi connectivity index (χ0v) is 16.5. The van der Waals surface area contributed by atoms with Crippen LogP contribution < -0.4 is 15.0 Å². The molecule has 1 amide bonds. The monoisotopic (exact) mass is 384 g/mol. The van der Waals surface area contributed by atoms with Crippen LogP contribution in [0.5, 0.6) is 5.75 Å². The number of amides is 1. The number of rotatable bonds is 7. The maximum atomic E-state index is 12.0. The number of anilines is 1. The normalized spacial score (nSPS) is 15.2. The highest BCUT2D eigenvalue weighted by molar-refractivity contribution is 5.77. The number of nitrogens with zero attached hydrogens (tertiary/aromatic N) is 1. The minimum atomic E-state index is -0.760. The van der Waals surface area contributed by atoms with Crippen LogP contribution in [0.1, 0.15) is 22.8 Å². The van der Waals surface area contributed by atoms with Gasteiger partial charge in [-0.1, -0.05) is 18.2 Å². The largest absolute Gasteiger partial charge is 0.484 e. The van der Waals surface area contributed by atoms with E-state index >= 15 is 0 Å². The van der Waals surface area contributed by atoms with Gasteiger partial charge in [0.1, 0.15) is 5.75 Å². The number of morpholine rings is 1. The lowest BCUT2D eigenvalue weighted by molar-refractivity contribution is -0.123. The van der Waals surface area contributed by atoms with Gasteiger partial charge in [0, 0.05) is 25.3 Å². The Balaban J connectivity index is 1.44. The molecule has 1 aliphatic heterocycles. The molecule has 0 aliphatic carbocycles. The molecule has 1 saturated heterocycles. The van der Waals surface area contributed by atoms with Crippen molar-refractivity contribution in [2.75, 3.05) is 44.4 Å². The van der Waals surface area contributed by atoms with E-state index in [-0.39, 0.29) is 19.1 Å². The quantitative estimate of drug-likeness (QED) is 0.767. The smallest absolute Gasteiger partial charge is 0.258 e. The minimum Gasteiger partial charge on any atom is -0.484 e. The first-order valence-electron chi connectivity index (χ1n) is 9.60. The molecule has 2 aromatic carbocycles. The third-order valence-electron chi connectivity index (χ3n) is 4.99. The van der Waals surface area contributed by atoms with E-state index in [1.54, 1.807) is 0 Å². The van der Waals surface area contributed by atoms with Crippen molar-refractivity contribution in [3.05, 3.63) is 59.2 Å². The molecular weight excluding hydrogens is 356 g/mol. The second kappa shape index (κ2) is 9.57. The maximum Gasteiger partial charge on any atom is 0.258 e. The van der Waals surface area contributed by atoms with Gasteiger partial charge in [-0.25, -0.2) is 0 Å². The molecule has 0 aromatic heterocycles. The van der Waals surface area contributed by atoms with Crippen molar-refractivity contribution in [3.63, 3.8) is 0 Å². The lowest BCUT2D eigenvalue weighted by Crippen LogP contribution is -2.36. The minimum absolute atomic E-state index is 0.0782. The van der Waals surface area contributed by atoms with Crippen LogP contribution in [0, 0.1) is 13.8 Å². The molecule has 3 rings (SSSR count). The van der Waals surface area contributed by atoms with Crippen LogP contribution in [0.25, 0.3) is 0 Å². The molecule has 1 atom stereocenters. The Morgan fingerprint density at radius 1 is 1.14 bits per heavy atom. The van der Waals surface area contributed by atoms with Crippen molar-refractivity contribution in [1.82, 2.24) is 5.32 Å². The molecule has 1 aliphatic rings. The number of aliphatic hydroxyl groups is 1. The van der Waals surface area contributed by atoms with E-state index in [4.69, 9.17) is 9.47 Å². The molecule has 2 N–H and O–H groups in total. The average Bonchev–Trinajstić information content (AvgIpc) is 2.73. The number of aliphatic hydroxyl groups excluding tert-OH is 1. The summed E-state index contributed by atoms with van der Waals surface area (Å²) in [4.78, 5) is 14.3. The molecule has 1 fully saturated rings. The summed E-state index contributed by atoms with van der Waals surface area (Å²) in [6.45, 7) is 7.32. The molecule has 0 bridgehead atoms. The van der Waals surface area contributed by atoms with Crippen molar-refractivity contribution in [1.29, 1.82) is 0 Å².